The molecule has 1 aromatic carbocycles. The molecule has 0 heterocycles. The molecule has 1 saturated carbocycles. The van der Waals surface area contributed by atoms with E-state index in [2.05, 4.69) is 4.72 Å². The van der Waals surface area contributed by atoms with Crippen LogP contribution in [0.5, 0.6) is 0 Å². The Balaban J connectivity index is 2.33. The molecule has 0 radical (unpaired) electrons. The molecule has 0 amide bonds. The molecule has 8 heteroatoms. The number of nitrogens with one attached hydrogen (secondary N) is 1. The third kappa shape index (κ3) is 3.38. The molecular weight excluding hydrogens is 314 g/mol. The lowest BCUT2D eigenvalue weighted by Crippen LogP contribution is -2.41. The first-order valence-corrected chi connectivity index (χ1v) is 7.96. The van der Waals surface area contributed by atoms with Crippen LogP contribution in [0.2, 0.25) is 10.0 Å². The lowest BCUT2D eigenvalue weighted by atomic mass is 10.2. The van der Waals surface area contributed by atoms with Crippen LogP contribution in [0, 0.1) is 11.7 Å². The highest BCUT2D eigenvalue weighted by Gasteiger charge is 2.34. The van der Waals surface area contributed by atoms with Gasteiger partial charge in [-0.1, -0.05) is 23.2 Å². The van der Waals surface area contributed by atoms with Crippen molar-refractivity contribution in [2.75, 3.05) is 6.54 Å². The Morgan fingerprint density at radius 3 is 2.32 bits per heavy atom. The zero-order valence-corrected chi connectivity index (χ0v) is 12.2. The van der Waals surface area contributed by atoms with Gasteiger partial charge in [-0.25, -0.2) is 17.5 Å². The quantitative estimate of drug-likeness (QED) is 0.870. The van der Waals surface area contributed by atoms with Crippen LogP contribution in [-0.2, 0) is 10.0 Å². The SMILES string of the molecule is NCC(NS(=O)(=O)c1c(Cl)cc(F)cc1Cl)C1CC1. The summed E-state index contributed by atoms with van der Waals surface area (Å²) in [5, 5.41) is -0.492. The van der Waals surface area contributed by atoms with Gasteiger partial charge in [0, 0.05) is 12.6 Å². The second-order valence-corrected chi connectivity index (χ2v) is 6.96. The largest absolute Gasteiger partial charge is 0.329 e. The number of nitrogens with two attached hydrogens (primary N) is 1. The van der Waals surface area contributed by atoms with E-state index >= 15 is 0 Å². The van der Waals surface area contributed by atoms with Crippen molar-refractivity contribution in [3.63, 3.8) is 0 Å². The second kappa shape index (κ2) is 5.54. The highest BCUT2D eigenvalue weighted by molar-refractivity contribution is 7.89. The Bertz CT molecular complexity index is 567. The molecule has 2 rings (SSSR count). The Hall–Kier alpha value is -0.400. The van der Waals surface area contributed by atoms with Crippen LogP contribution < -0.4 is 10.5 Å². The van der Waals surface area contributed by atoms with Crippen LogP contribution in [0.4, 0.5) is 4.39 Å². The van der Waals surface area contributed by atoms with Crippen molar-refractivity contribution >= 4 is 33.2 Å². The Labute approximate surface area is 121 Å². The van der Waals surface area contributed by atoms with Gasteiger partial charge >= 0.3 is 0 Å². The fraction of sp³-hybridized carbons (Fsp3) is 0.455. The number of halogens is 3. The molecule has 0 aromatic heterocycles. The number of sulfonamides is 1. The van der Waals surface area contributed by atoms with E-state index in [4.69, 9.17) is 28.9 Å². The predicted molar refractivity (Wildman–Crippen MR) is 72.3 cm³/mol. The topological polar surface area (TPSA) is 72.2 Å². The lowest BCUT2D eigenvalue weighted by Gasteiger charge is -2.17. The zero-order chi connectivity index (χ0) is 14.2. The van der Waals surface area contributed by atoms with Gasteiger partial charge in [0.2, 0.25) is 10.0 Å². The van der Waals surface area contributed by atoms with E-state index in [9.17, 15) is 12.8 Å². The van der Waals surface area contributed by atoms with E-state index in [-0.39, 0.29) is 33.4 Å². The van der Waals surface area contributed by atoms with Crippen LogP contribution in [0.15, 0.2) is 17.0 Å². The van der Waals surface area contributed by atoms with E-state index < -0.39 is 15.8 Å². The molecule has 0 aliphatic heterocycles. The molecule has 106 valence electrons. The minimum atomic E-state index is -3.92. The fourth-order valence-electron chi connectivity index (χ4n) is 1.88. The van der Waals surface area contributed by atoms with Crippen molar-refractivity contribution < 1.29 is 12.8 Å². The third-order valence-electron chi connectivity index (χ3n) is 2.98. The Kier molecular flexibility index (Phi) is 4.37. The molecule has 1 aliphatic carbocycles. The third-order valence-corrected chi connectivity index (χ3v) is 5.39. The Morgan fingerprint density at radius 2 is 1.89 bits per heavy atom. The molecule has 1 aromatic rings. The zero-order valence-electron chi connectivity index (χ0n) is 9.87. The number of hydrogen-bond donors (Lipinski definition) is 2. The maximum atomic E-state index is 13.1. The van der Waals surface area contributed by atoms with Crippen molar-refractivity contribution in [1.29, 1.82) is 0 Å². The monoisotopic (exact) mass is 326 g/mol. The van der Waals surface area contributed by atoms with Gasteiger partial charge in [0.25, 0.3) is 0 Å². The molecule has 0 bridgehead atoms. The minimum Gasteiger partial charge on any atom is -0.329 e. The van der Waals surface area contributed by atoms with E-state index in [1.54, 1.807) is 0 Å². The molecule has 0 spiro atoms. The number of rotatable bonds is 5. The molecule has 4 nitrogen and oxygen atoms in total. The van der Waals surface area contributed by atoms with Crippen LogP contribution >= 0.6 is 23.2 Å². The van der Waals surface area contributed by atoms with E-state index in [1.807, 2.05) is 0 Å². The average Bonchev–Trinajstić information content (AvgIpc) is 3.07. The summed E-state index contributed by atoms with van der Waals surface area (Å²) in [4.78, 5) is -0.309. The van der Waals surface area contributed by atoms with Gasteiger partial charge in [-0.3, -0.25) is 0 Å². The summed E-state index contributed by atoms with van der Waals surface area (Å²) in [6.45, 7) is 0.195. The van der Waals surface area contributed by atoms with Gasteiger partial charge in [-0.2, -0.15) is 0 Å². The first-order valence-electron chi connectivity index (χ1n) is 5.72. The summed E-state index contributed by atoms with van der Waals surface area (Å²) in [6.07, 6.45) is 1.88. The molecule has 1 atom stereocenters. The minimum absolute atomic E-state index is 0.195. The van der Waals surface area contributed by atoms with Crippen LogP contribution in [-0.4, -0.2) is 21.0 Å². The average molecular weight is 327 g/mol. The van der Waals surface area contributed by atoms with Gasteiger partial charge in [0.1, 0.15) is 10.7 Å². The smallest absolute Gasteiger partial charge is 0.243 e. The van der Waals surface area contributed by atoms with E-state index in [1.165, 1.54) is 0 Å². The molecule has 19 heavy (non-hydrogen) atoms. The van der Waals surface area contributed by atoms with E-state index in [0.29, 0.717) is 0 Å². The van der Waals surface area contributed by atoms with Gasteiger partial charge in [0.05, 0.1) is 10.0 Å². The number of benzene rings is 1. The van der Waals surface area contributed by atoms with Crippen LogP contribution in [0.1, 0.15) is 12.8 Å². The molecule has 1 fully saturated rings. The van der Waals surface area contributed by atoms with Crippen molar-refractivity contribution in [2.24, 2.45) is 11.7 Å². The summed E-state index contributed by atoms with van der Waals surface area (Å²) < 4.78 is 40.0. The van der Waals surface area contributed by atoms with Crippen molar-refractivity contribution in [1.82, 2.24) is 4.72 Å². The lowest BCUT2D eigenvalue weighted by molar-refractivity contribution is 0.519. The molecular formula is C11H13Cl2FN2O2S. The van der Waals surface area contributed by atoms with Crippen LogP contribution in [0.3, 0.4) is 0 Å². The summed E-state index contributed by atoms with van der Waals surface area (Å²) in [5.74, 6) is -0.440. The highest BCUT2D eigenvalue weighted by Crippen LogP contribution is 2.35. The van der Waals surface area contributed by atoms with Gasteiger partial charge in [-0.15, -0.1) is 0 Å². The summed E-state index contributed by atoms with van der Waals surface area (Å²) in [5.41, 5.74) is 5.55. The molecule has 1 aliphatic rings. The Morgan fingerprint density at radius 1 is 1.37 bits per heavy atom. The highest BCUT2D eigenvalue weighted by atomic mass is 35.5. The molecule has 1 unspecified atom stereocenters. The fourth-order valence-corrected chi connectivity index (χ4v) is 4.39. The number of hydrogen-bond acceptors (Lipinski definition) is 3. The second-order valence-electron chi connectivity index (χ2n) is 4.50. The van der Waals surface area contributed by atoms with Crippen molar-refractivity contribution in [2.45, 2.75) is 23.8 Å². The normalized spacial score (nSPS) is 17.5. The maximum Gasteiger partial charge on any atom is 0.243 e. The van der Waals surface area contributed by atoms with Gasteiger partial charge in [0.15, 0.2) is 0 Å². The summed E-state index contributed by atoms with van der Waals surface area (Å²) >= 11 is 11.5. The standard InChI is InChI=1S/C11H13Cl2FN2O2S/c12-8-3-7(14)4-9(13)11(8)19(17,18)16-10(5-15)6-1-2-6/h3-4,6,10,16H,1-2,5,15H2. The van der Waals surface area contributed by atoms with Gasteiger partial charge < -0.3 is 5.73 Å². The predicted octanol–water partition coefficient (Wildman–Crippen LogP) is 2.15. The van der Waals surface area contributed by atoms with Crippen molar-refractivity contribution in [3.8, 4) is 0 Å². The van der Waals surface area contributed by atoms with Crippen molar-refractivity contribution in [3.05, 3.63) is 28.0 Å². The molecule has 3 N–H and O–H groups in total. The maximum absolute atomic E-state index is 13.1. The van der Waals surface area contributed by atoms with Gasteiger partial charge in [-0.05, 0) is 30.9 Å². The first-order chi connectivity index (χ1) is 8.85. The summed E-state index contributed by atoms with van der Waals surface area (Å²) in [7, 11) is -3.92. The van der Waals surface area contributed by atoms with E-state index in [0.717, 1.165) is 25.0 Å². The summed E-state index contributed by atoms with van der Waals surface area (Å²) in [6, 6.07) is 1.48. The molecule has 0 saturated heterocycles. The van der Waals surface area contributed by atoms with Crippen LogP contribution in [0.25, 0.3) is 0 Å². The first kappa shape index (κ1) is 15.0.